The van der Waals surface area contributed by atoms with Crippen LogP contribution in [0.15, 0.2) is 61.3 Å². The fourth-order valence-electron chi connectivity index (χ4n) is 4.00. The van der Waals surface area contributed by atoms with Crippen LogP contribution in [0.5, 0.6) is 0 Å². The van der Waals surface area contributed by atoms with Gasteiger partial charge in [0.2, 0.25) is 0 Å². The van der Waals surface area contributed by atoms with Gasteiger partial charge in [-0.2, -0.15) is 5.10 Å². The summed E-state index contributed by atoms with van der Waals surface area (Å²) in [4.78, 5) is 16.9. The van der Waals surface area contributed by atoms with Crippen LogP contribution >= 0.6 is 0 Å². The first kappa shape index (κ1) is 22.5. The maximum absolute atomic E-state index is 12.6. The number of rotatable bonds is 8. The molecule has 2 aromatic carbocycles. The van der Waals surface area contributed by atoms with Crippen LogP contribution in [-0.4, -0.2) is 25.2 Å². The van der Waals surface area contributed by atoms with Crippen molar-refractivity contribution in [1.82, 2.24) is 24.6 Å². The number of nitrogens with zero attached hydrogens (tertiary/aromatic N) is 4. The molecule has 7 nitrogen and oxygen atoms in total. The van der Waals surface area contributed by atoms with E-state index in [0.29, 0.717) is 25.3 Å². The number of nitrogens with two attached hydrogens (primary N) is 1. The molecule has 0 aliphatic carbocycles. The van der Waals surface area contributed by atoms with E-state index in [0.717, 1.165) is 39.9 Å². The Morgan fingerprint density at radius 2 is 1.64 bits per heavy atom. The van der Waals surface area contributed by atoms with E-state index in [9.17, 15) is 4.79 Å². The van der Waals surface area contributed by atoms with Crippen LogP contribution in [0, 0.1) is 20.8 Å². The lowest BCUT2D eigenvalue weighted by atomic mass is 9.99. The summed E-state index contributed by atoms with van der Waals surface area (Å²) in [6, 6.07) is 12.6. The molecule has 0 spiro atoms. The molecule has 170 valence electrons. The summed E-state index contributed by atoms with van der Waals surface area (Å²) in [5.74, 6) is -0.180. The van der Waals surface area contributed by atoms with Crippen molar-refractivity contribution in [3.05, 3.63) is 106 Å². The zero-order valence-corrected chi connectivity index (χ0v) is 19.4. The highest BCUT2D eigenvalue weighted by Gasteiger charge is 2.12. The van der Waals surface area contributed by atoms with Crippen molar-refractivity contribution >= 4 is 5.91 Å². The lowest BCUT2D eigenvalue weighted by Crippen LogP contribution is -2.24. The predicted octanol–water partition coefficient (Wildman–Crippen LogP) is 3.49. The molecule has 1 amide bonds. The third-order valence-corrected chi connectivity index (χ3v) is 5.78. The van der Waals surface area contributed by atoms with Crippen LogP contribution in [0.4, 0.5) is 0 Å². The van der Waals surface area contributed by atoms with E-state index in [-0.39, 0.29) is 5.91 Å². The fraction of sp³-hybridized carbons (Fsp3) is 0.269. The minimum atomic E-state index is -0.180. The SMILES string of the molecule is Cc1cnn(Cc2ccc(Cn3cnc(C(=O)NCc4c(C)cc(CN)cc4C)c3)cc2)c1. The minimum Gasteiger partial charge on any atom is -0.347 e. The van der Waals surface area contributed by atoms with Crippen LogP contribution in [0.1, 0.15) is 49.4 Å². The summed E-state index contributed by atoms with van der Waals surface area (Å²) in [6.07, 6.45) is 7.37. The van der Waals surface area contributed by atoms with Gasteiger partial charge in [-0.3, -0.25) is 9.48 Å². The molecule has 4 aromatic rings. The van der Waals surface area contributed by atoms with Crippen molar-refractivity contribution in [3.8, 4) is 0 Å². The molecule has 2 heterocycles. The Morgan fingerprint density at radius 3 is 2.24 bits per heavy atom. The third kappa shape index (κ3) is 5.56. The van der Waals surface area contributed by atoms with Crippen molar-refractivity contribution in [3.63, 3.8) is 0 Å². The summed E-state index contributed by atoms with van der Waals surface area (Å²) in [5, 5.41) is 7.32. The Morgan fingerprint density at radius 1 is 0.970 bits per heavy atom. The van der Waals surface area contributed by atoms with Gasteiger partial charge in [0.05, 0.1) is 19.1 Å². The second-order valence-electron chi connectivity index (χ2n) is 8.56. The Kier molecular flexibility index (Phi) is 6.70. The summed E-state index contributed by atoms with van der Waals surface area (Å²) >= 11 is 0. The van der Waals surface area contributed by atoms with E-state index in [4.69, 9.17) is 5.73 Å². The Bertz CT molecular complexity index is 1230. The average molecular weight is 443 g/mol. The molecule has 0 atom stereocenters. The second-order valence-corrected chi connectivity index (χ2v) is 8.56. The molecule has 0 unspecified atom stereocenters. The van der Waals surface area contributed by atoms with Gasteiger partial charge in [-0.1, -0.05) is 36.4 Å². The van der Waals surface area contributed by atoms with E-state index < -0.39 is 0 Å². The quantitative estimate of drug-likeness (QED) is 0.437. The first-order valence-corrected chi connectivity index (χ1v) is 11.1. The third-order valence-electron chi connectivity index (χ3n) is 5.78. The molecule has 0 aliphatic heterocycles. The summed E-state index contributed by atoms with van der Waals surface area (Å²) in [6.45, 7) is 8.50. The molecule has 0 aliphatic rings. The maximum atomic E-state index is 12.6. The summed E-state index contributed by atoms with van der Waals surface area (Å²) < 4.78 is 3.86. The van der Waals surface area contributed by atoms with Crippen LogP contribution in [0.25, 0.3) is 0 Å². The number of amides is 1. The molecule has 0 fully saturated rings. The van der Waals surface area contributed by atoms with Gasteiger partial charge in [0.25, 0.3) is 5.91 Å². The smallest absolute Gasteiger partial charge is 0.271 e. The monoisotopic (exact) mass is 442 g/mol. The maximum Gasteiger partial charge on any atom is 0.271 e. The number of carbonyl (C=O) groups is 1. The standard InChI is InChI=1S/C26H30N6O/c1-18-11-30-32(13-18)15-22-6-4-21(5-7-22)14-31-16-25(29-17-31)26(33)28-12-24-19(2)8-23(10-27)9-20(24)3/h4-9,11,13,16-17H,10,12,14-15,27H2,1-3H3,(H,28,33). The zero-order chi connectivity index (χ0) is 23.4. The van der Waals surface area contributed by atoms with Crippen molar-refractivity contribution < 1.29 is 4.79 Å². The molecule has 2 aromatic heterocycles. The van der Waals surface area contributed by atoms with Gasteiger partial charge in [0.1, 0.15) is 5.69 Å². The second kappa shape index (κ2) is 9.83. The van der Waals surface area contributed by atoms with Gasteiger partial charge in [-0.25, -0.2) is 4.98 Å². The molecule has 0 saturated carbocycles. The summed E-state index contributed by atoms with van der Waals surface area (Å²) in [7, 11) is 0. The van der Waals surface area contributed by atoms with Gasteiger partial charge in [-0.15, -0.1) is 0 Å². The molecule has 4 rings (SSSR count). The lowest BCUT2D eigenvalue weighted by Gasteiger charge is -2.12. The van der Waals surface area contributed by atoms with Crippen molar-refractivity contribution in [1.29, 1.82) is 0 Å². The van der Waals surface area contributed by atoms with Gasteiger partial charge in [0.15, 0.2) is 0 Å². The first-order chi connectivity index (χ1) is 15.9. The van der Waals surface area contributed by atoms with Crippen LogP contribution in [0.2, 0.25) is 0 Å². The van der Waals surface area contributed by atoms with Gasteiger partial charge in [0, 0.05) is 32.0 Å². The van der Waals surface area contributed by atoms with Crippen molar-refractivity contribution in [2.24, 2.45) is 5.73 Å². The number of hydrogen-bond donors (Lipinski definition) is 2. The number of aryl methyl sites for hydroxylation is 3. The fourth-order valence-corrected chi connectivity index (χ4v) is 4.00. The largest absolute Gasteiger partial charge is 0.347 e. The highest BCUT2D eigenvalue weighted by atomic mass is 16.1. The molecular weight excluding hydrogens is 412 g/mol. The Hall–Kier alpha value is -3.71. The lowest BCUT2D eigenvalue weighted by molar-refractivity contribution is 0.0946. The number of nitrogens with one attached hydrogen (secondary N) is 1. The normalized spacial score (nSPS) is 11.0. The number of carbonyl (C=O) groups excluding carboxylic acids is 1. The average Bonchev–Trinajstić information content (AvgIpc) is 3.43. The molecule has 7 heteroatoms. The Balaban J connectivity index is 1.34. The van der Waals surface area contributed by atoms with E-state index >= 15 is 0 Å². The highest BCUT2D eigenvalue weighted by molar-refractivity contribution is 5.92. The Labute approximate surface area is 194 Å². The van der Waals surface area contributed by atoms with Gasteiger partial charge < -0.3 is 15.6 Å². The highest BCUT2D eigenvalue weighted by Crippen LogP contribution is 2.17. The first-order valence-electron chi connectivity index (χ1n) is 11.1. The number of imidazole rings is 1. The predicted molar refractivity (Wildman–Crippen MR) is 129 cm³/mol. The van der Waals surface area contributed by atoms with E-state index in [1.54, 1.807) is 12.5 Å². The van der Waals surface area contributed by atoms with Crippen LogP contribution in [-0.2, 0) is 26.2 Å². The van der Waals surface area contributed by atoms with Gasteiger partial charge in [-0.05, 0) is 59.7 Å². The number of benzene rings is 2. The van der Waals surface area contributed by atoms with E-state index in [1.165, 1.54) is 5.56 Å². The number of aromatic nitrogens is 4. The summed E-state index contributed by atoms with van der Waals surface area (Å²) in [5.41, 5.74) is 14.1. The van der Waals surface area contributed by atoms with E-state index in [1.807, 2.05) is 42.4 Å². The topological polar surface area (TPSA) is 90.8 Å². The molecule has 3 N–H and O–H groups in total. The van der Waals surface area contributed by atoms with Crippen LogP contribution < -0.4 is 11.1 Å². The molecule has 0 radical (unpaired) electrons. The number of hydrogen-bond acceptors (Lipinski definition) is 4. The molecular formula is C26H30N6O. The van der Waals surface area contributed by atoms with Crippen molar-refractivity contribution in [2.45, 2.75) is 47.0 Å². The minimum absolute atomic E-state index is 0.180. The molecule has 0 bridgehead atoms. The molecule has 0 saturated heterocycles. The zero-order valence-electron chi connectivity index (χ0n) is 19.4. The molecule has 33 heavy (non-hydrogen) atoms. The van der Waals surface area contributed by atoms with E-state index in [2.05, 4.69) is 51.8 Å². The van der Waals surface area contributed by atoms with Crippen molar-refractivity contribution in [2.75, 3.05) is 0 Å². The van der Waals surface area contributed by atoms with Crippen LogP contribution in [0.3, 0.4) is 0 Å². The van der Waals surface area contributed by atoms with Gasteiger partial charge >= 0.3 is 0 Å².